The van der Waals surface area contributed by atoms with E-state index in [9.17, 15) is 17.6 Å². The lowest BCUT2D eigenvalue weighted by atomic mass is 10.1. The molecule has 18 heavy (non-hydrogen) atoms. The molecule has 2 rings (SSSR count). The molecule has 0 spiro atoms. The van der Waals surface area contributed by atoms with Gasteiger partial charge in [-0.05, 0) is 0 Å². The SMILES string of the molecule is N=C1C(F)=C(F)C(F)=C(F)/C1=N/NC1CC=NN1. The van der Waals surface area contributed by atoms with E-state index >= 15 is 0 Å². The van der Waals surface area contributed by atoms with Crippen molar-refractivity contribution in [2.75, 3.05) is 0 Å². The molecule has 2 aliphatic rings. The van der Waals surface area contributed by atoms with Gasteiger partial charge in [-0.25, -0.2) is 17.6 Å². The third kappa shape index (κ3) is 1.98. The van der Waals surface area contributed by atoms with Crippen molar-refractivity contribution >= 4 is 17.6 Å². The molecule has 0 bridgehead atoms. The van der Waals surface area contributed by atoms with Crippen molar-refractivity contribution in [3.63, 3.8) is 0 Å². The summed E-state index contributed by atoms with van der Waals surface area (Å²) in [4.78, 5) is 0. The van der Waals surface area contributed by atoms with Gasteiger partial charge in [0.1, 0.15) is 17.6 Å². The Morgan fingerprint density at radius 3 is 2.50 bits per heavy atom. The van der Waals surface area contributed by atoms with Crippen LogP contribution in [0.1, 0.15) is 6.42 Å². The van der Waals surface area contributed by atoms with Gasteiger partial charge in [0.2, 0.25) is 0 Å². The first-order valence-corrected chi connectivity index (χ1v) is 4.83. The number of hydrazone groups is 2. The van der Waals surface area contributed by atoms with Crippen LogP contribution >= 0.6 is 0 Å². The molecule has 0 aromatic carbocycles. The van der Waals surface area contributed by atoms with E-state index in [1.807, 2.05) is 0 Å². The van der Waals surface area contributed by atoms with Gasteiger partial charge >= 0.3 is 0 Å². The second-order valence-corrected chi connectivity index (χ2v) is 3.45. The van der Waals surface area contributed by atoms with Crippen molar-refractivity contribution in [1.29, 1.82) is 5.41 Å². The van der Waals surface area contributed by atoms with Gasteiger partial charge < -0.3 is 0 Å². The molecule has 0 fully saturated rings. The maximum Gasteiger partial charge on any atom is 0.199 e. The fourth-order valence-corrected chi connectivity index (χ4v) is 1.30. The Bertz CT molecular complexity index is 511. The first-order chi connectivity index (χ1) is 8.52. The zero-order chi connectivity index (χ0) is 13.3. The van der Waals surface area contributed by atoms with E-state index < -0.39 is 40.9 Å². The molecule has 1 aliphatic carbocycles. The third-order valence-corrected chi connectivity index (χ3v) is 2.24. The molecule has 0 aromatic rings. The molecular weight excluding hydrogens is 254 g/mol. The Labute approximate surface area is 98.4 Å². The number of rotatable bonds is 2. The van der Waals surface area contributed by atoms with Crippen LogP contribution in [0.25, 0.3) is 0 Å². The van der Waals surface area contributed by atoms with E-state index in [1.165, 1.54) is 6.21 Å². The molecule has 3 N–H and O–H groups in total. The highest BCUT2D eigenvalue weighted by molar-refractivity contribution is 6.52. The van der Waals surface area contributed by atoms with Crippen LogP contribution < -0.4 is 10.9 Å². The molecule has 0 aromatic heterocycles. The average molecular weight is 261 g/mol. The monoisotopic (exact) mass is 261 g/mol. The Balaban J connectivity index is 2.23. The van der Waals surface area contributed by atoms with Gasteiger partial charge in [-0.15, -0.1) is 0 Å². The number of hydrogen-bond acceptors (Lipinski definition) is 5. The zero-order valence-corrected chi connectivity index (χ0v) is 8.77. The van der Waals surface area contributed by atoms with Crippen LogP contribution in [0.5, 0.6) is 0 Å². The third-order valence-electron chi connectivity index (χ3n) is 2.24. The number of nitrogens with zero attached hydrogens (tertiary/aromatic N) is 2. The number of hydrogen-bond donors (Lipinski definition) is 3. The zero-order valence-electron chi connectivity index (χ0n) is 8.77. The van der Waals surface area contributed by atoms with Crippen molar-refractivity contribution in [2.24, 2.45) is 10.2 Å². The summed E-state index contributed by atoms with van der Waals surface area (Å²) < 4.78 is 52.0. The molecule has 0 saturated carbocycles. The molecule has 5 nitrogen and oxygen atoms in total. The van der Waals surface area contributed by atoms with Crippen LogP contribution in [-0.2, 0) is 0 Å². The summed E-state index contributed by atoms with van der Waals surface area (Å²) in [7, 11) is 0. The molecule has 1 unspecified atom stereocenters. The molecule has 0 amide bonds. The Morgan fingerprint density at radius 1 is 1.22 bits per heavy atom. The summed E-state index contributed by atoms with van der Waals surface area (Å²) in [6, 6.07) is 0. The standard InChI is InChI=1S/C9H7F4N5/c10-4-5(11)7(13)9(8(14)6(4)12)18-17-3-1-2-15-16-3/h2-3,14,16-17H,1H2/b14-8?,18-9-. The van der Waals surface area contributed by atoms with Gasteiger partial charge in [0.15, 0.2) is 23.3 Å². The number of halogens is 4. The first kappa shape index (κ1) is 12.3. The van der Waals surface area contributed by atoms with E-state index in [0.717, 1.165) is 0 Å². The van der Waals surface area contributed by atoms with Crippen molar-refractivity contribution in [2.45, 2.75) is 12.6 Å². The van der Waals surface area contributed by atoms with Crippen LogP contribution in [-0.4, -0.2) is 23.8 Å². The molecule has 0 saturated heterocycles. The molecule has 1 aliphatic heterocycles. The number of allylic oxidation sites excluding steroid dienone is 4. The fourth-order valence-electron chi connectivity index (χ4n) is 1.30. The fraction of sp³-hybridized carbons (Fsp3) is 0.222. The minimum atomic E-state index is -2.03. The quantitative estimate of drug-likeness (QED) is 0.401. The summed E-state index contributed by atoms with van der Waals surface area (Å²) in [6.07, 6.45) is 1.46. The first-order valence-electron chi connectivity index (χ1n) is 4.83. The summed E-state index contributed by atoms with van der Waals surface area (Å²) in [5, 5.41) is 14.1. The van der Waals surface area contributed by atoms with Crippen LogP contribution in [0.2, 0.25) is 0 Å². The predicted molar refractivity (Wildman–Crippen MR) is 56.8 cm³/mol. The molecule has 9 heteroatoms. The Hall–Kier alpha value is -2.19. The molecule has 1 heterocycles. The lowest BCUT2D eigenvalue weighted by Gasteiger charge is -2.14. The number of nitrogens with one attached hydrogen (secondary N) is 3. The smallest absolute Gasteiger partial charge is 0.199 e. The normalized spacial score (nSPS) is 26.1. The van der Waals surface area contributed by atoms with E-state index in [2.05, 4.69) is 21.1 Å². The van der Waals surface area contributed by atoms with Crippen molar-refractivity contribution in [1.82, 2.24) is 10.9 Å². The summed E-state index contributed by atoms with van der Waals surface area (Å²) in [5.41, 5.74) is 2.77. The average Bonchev–Trinajstić information content (AvgIpc) is 2.87. The van der Waals surface area contributed by atoms with Gasteiger partial charge in [-0.1, -0.05) is 0 Å². The van der Waals surface area contributed by atoms with Crippen LogP contribution in [0, 0.1) is 5.41 Å². The van der Waals surface area contributed by atoms with Gasteiger partial charge in [-0.3, -0.25) is 16.3 Å². The molecule has 1 atom stereocenters. The maximum absolute atomic E-state index is 13.3. The van der Waals surface area contributed by atoms with Crippen LogP contribution in [0.3, 0.4) is 0 Å². The lowest BCUT2D eigenvalue weighted by molar-refractivity contribution is 0.472. The minimum absolute atomic E-state index is 0.421. The Morgan fingerprint density at radius 2 is 1.89 bits per heavy atom. The Kier molecular flexibility index (Phi) is 3.13. The van der Waals surface area contributed by atoms with Crippen LogP contribution in [0.15, 0.2) is 33.5 Å². The molecule has 0 radical (unpaired) electrons. The predicted octanol–water partition coefficient (Wildman–Crippen LogP) is 1.57. The summed E-state index contributed by atoms with van der Waals surface area (Å²) >= 11 is 0. The second kappa shape index (κ2) is 4.59. The van der Waals surface area contributed by atoms with Crippen molar-refractivity contribution in [3.05, 3.63) is 23.3 Å². The minimum Gasteiger partial charge on any atom is -0.296 e. The van der Waals surface area contributed by atoms with E-state index in [-0.39, 0.29) is 0 Å². The molecular formula is C9H7F4N5. The largest absolute Gasteiger partial charge is 0.296 e. The maximum atomic E-state index is 13.3. The van der Waals surface area contributed by atoms with Crippen molar-refractivity contribution < 1.29 is 17.6 Å². The van der Waals surface area contributed by atoms with E-state index in [1.54, 1.807) is 0 Å². The second-order valence-electron chi connectivity index (χ2n) is 3.45. The van der Waals surface area contributed by atoms with Crippen LogP contribution in [0.4, 0.5) is 17.6 Å². The van der Waals surface area contributed by atoms with Gasteiger partial charge in [0, 0.05) is 12.6 Å². The van der Waals surface area contributed by atoms with E-state index in [0.29, 0.717) is 6.42 Å². The lowest BCUT2D eigenvalue weighted by Crippen LogP contribution is -2.35. The highest BCUT2D eigenvalue weighted by atomic mass is 19.2. The highest BCUT2D eigenvalue weighted by Gasteiger charge is 2.33. The van der Waals surface area contributed by atoms with Gasteiger partial charge in [0.05, 0.1) is 0 Å². The van der Waals surface area contributed by atoms with Gasteiger partial charge in [0.25, 0.3) is 0 Å². The van der Waals surface area contributed by atoms with E-state index in [4.69, 9.17) is 5.41 Å². The summed E-state index contributed by atoms with van der Waals surface area (Å²) in [5.74, 6) is -7.53. The summed E-state index contributed by atoms with van der Waals surface area (Å²) in [6.45, 7) is 0. The molecule has 96 valence electrons. The van der Waals surface area contributed by atoms with Gasteiger partial charge in [-0.2, -0.15) is 10.2 Å². The highest BCUT2D eigenvalue weighted by Crippen LogP contribution is 2.30. The topological polar surface area (TPSA) is 72.6 Å². The van der Waals surface area contributed by atoms with Crippen molar-refractivity contribution in [3.8, 4) is 0 Å².